The lowest BCUT2D eigenvalue weighted by Gasteiger charge is -2.37. The Morgan fingerprint density at radius 3 is 1.59 bits per heavy atom. The van der Waals surface area contributed by atoms with Crippen LogP contribution in [-0.2, 0) is 14.5 Å². The van der Waals surface area contributed by atoms with Crippen LogP contribution in [0.5, 0.6) is 0 Å². The van der Waals surface area contributed by atoms with Gasteiger partial charge in [-0.3, -0.25) is 0 Å². The van der Waals surface area contributed by atoms with Gasteiger partial charge in [0.05, 0.1) is 5.41 Å². The van der Waals surface area contributed by atoms with Crippen LogP contribution in [0.25, 0.3) is 16.7 Å². The molecule has 0 bridgehead atoms. The van der Waals surface area contributed by atoms with E-state index < -0.39 is 19.7 Å². The fourth-order valence-corrected chi connectivity index (χ4v) is 15.2. The molecular weight excluding hydrogens is 694 g/mol. The van der Waals surface area contributed by atoms with Gasteiger partial charge in [-0.05, 0) is 63.9 Å². The van der Waals surface area contributed by atoms with Gasteiger partial charge in [0.25, 0.3) is 0 Å². The molecule has 0 saturated heterocycles. The Morgan fingerprint density at radius 2 is 0.963 bits per heavy atom. The molecular formula is C50H38O2P2. The summed E-state index contributed by atoms with van der Waals surface area (Å²) in [7, 11) is -6.45. The molecule has 0 N–H and O–H groups in total. The first-order chi connectivity index (χ1) is 26.4. The molecule has 0 radical (unpaired) electrons. The van der Waals surface area contributed by atoms with Crippen molar-refractivity contribution in [1.29, 1.82) is 0 Å². The quantitative estimate of drug-likeness (QED) is 0.160. The van der Waals surface area contributed by atoms with Crippen molar-refractivity contribution in [2.45, 2.75) is 24.4 Å². The summed E-state index contributed by atoms with van der Waals surface area (Å²) < 4.78 is 31.9. The molecule has 0 fully saturated rings. The first-order valence-corrected chi connectivity index (χ1v) is 22.1. The Morgan fingerprint density at radius 1 is 0.481 bits per heavy atom. The SMILES string of the molecule is Cc1ccc(P(=O)(c2ccccc2)C2C=CC3=C(C2)C2(c4ccccc43)c3ccccc3-c3ccc(P(=O)(c4ccccc4)c4ccccc4)cc32)cc1. The summed E-state index contributed by atoms with van der Waals surface area (Å²) in [6.45, 7) is 2.08. The van der Waals surface area contributed by atoms with Crippen LogP contribution in [0.4, 0.5) is 0 Å². The summed E-state index contributed by atoms with van der Waals surface area (Å²) >= 11 is 0. The summed E-state index contributed by atoms with van der Waals surface area (Å²) in [5.74, 6) is 0. The zero-order chi connectivity index (χ0) is 36.5. The molecule has 0 saturated carbocycles. The summed E-state index contributed by atoms with van der Waals surface area (Å²) in [5, 5.41) is 4.20. The molecule has 0 aliphatic heterocycles. The molecule has 10 rings (SSSR count). The first kappa shape index (κ1) is 33.1. The van der Waals surface area contributed by atoms with E-state index in [0.717, 1.165) is 43.2 Å². The smallest absolute Gasteiger partial charge is 0.171 e. The van der Waals surface area contributed by atoms with E-state index in [1.54, 1.807) is 0 Å². The number of benzene rings is 7. The molecule has 0 amide bonds. The standard InChI is InChI=1S/C50H38O2P2/c1-35-25-27-39(28-26-35)54(52,38-19-9-4-10-20-38)41-30-32-45-43-22-12-14-24-47(43)50(49(45)34-41)46-23-13-11-21-42(46)44-31-29-40(33-48(44)50)53(51,36-15-5-2-6-16-36)37-17-7-3-8-18-37/h2-33,41H,34H2,1H3. The van der Waals surface area contributed by atoms with Crippen LogP contribution in [0.15, 0.2) is 200 Å². The van der Waals surface area contributed by atoms with E-state index in [0.29, 0.717) is 6.42 Å². The Hall–Kier alpha value is -5.52. The largest absolute Gasteiger partial charge is 0.313 e. The normalized spacial score (nSPS) is 19.2. The second kappa shape index (κ2) is 12.5. The van der Waals surface area contributed by atoms with Crippen molar-refractivity contribution < 1.29 is 9.13 Å². The summed E-state index contributed by atoms with van der Waals surface area (Å²) in [6.07, 6.45) is 5.09. The molecule has 4 heteroatoms. The number of rotatable bonds is 6. The van der Waals surface area contributed by atoms with Gasteiger partial charge >= 0.3 is 0 Å². The Balaban J connectivity index is 1.23. The van der Waals surface area contributed by atoms with Gasteiger partial charge in [0.15, 0.2) is 7.14 Å². The molecule has 7 aromatic rings. The maximum absolute atomic E-state index is 16.0. The van der Waals surface area contributed by atoms with E-state index >= 15 is 9.13 Å². The molecule has 0 aromatic heterocycles. The van der Waals surface area contributed by atoms with Crippen LogP contribution in [0, 0.1) is 6.92 Å². The highest BCUT2D eigenvalue weighted by atomic mass is 31.2. The second-order valence-corrected chi connectivity index (χ2v) is 20.5. The predicted octanol–water partition coefficient (Wildman–Crippen LogP) is 10.1. The summed E-state index contributed by atoms with van der Waals surface area (Å²) in [4.78, 5) is 0. The van der Waals surface area contributed by atoms with Crippen LogP contribution < -0.4 is 26.5 Å². The molecule has 3 aliphatic carbocycles. The zero-order valence-electron chi connectivity index (χ0n) is 30.0. The van der Waals surface area contributed by atoms with Crippen LogP contribution >= 0.6 is 14.3 Å². The lowest BCUT2D eigenvalue weighted by Crippen LogP contribution is -2.33. The van der Waals surface area contributed by atoms with Crippen LogP contribution in [0.3, 0.4) is 0 Å². The molecule has 1 spiro atoms. The van der Waals surface area contributed by atoms with Gasteiger partial charge in [0.2, 0.25) is 0 Å². The van der Waals surface area contributed by atoms with Crippen molar-refractivity contribution in [3.05, 3.63) is 228 Å². The molecule has 0 heterocycles. The van der Waals surface area contributed by atoms with E-state index in [4.69, 9.17) is 0 Å². The highest BCUT2D eigenvalue weighted by molar-refractivity contribution is 7.85. The number of allylic oxidation sites excluding steroid dienone is 4. The van der Waals surface area contributed by atoms with Crippen molar-refractivity contribution in [2.75, 3.05) is 0 Å². The fraction of sp³-hybridized carbons (Fsp3) is 0.0800. The van der Waals surface area contributed by atoms with Gasteiger partial charge in [-0.25, -0.2) is 0 Å². The van der Waals surface area contributed by atoms with Crippen molar-refractivity contribution in [1.82, 2.24) is 0 Å². The third kappa shape index (κ3) is 4.61. The van der Waals surface area contributed by atoms with Crippen LogP contribution in [0.1, 0.15) is 34.2 Å². The van der Waals surface area contributed by atoms with E-state index in [2.05, 4.69) is 110 Å². The van der Waals surface area contributed by atoms with Gasteiger partial charge in [0.1, 0.15) is 7.14 Å². The van der Waals surface area contributed by atoms with Gasteiger partial charge < -0.3 is 9.13 Å². The van der Waals surface area contributed by atoms with Gasteiger partial charge in [-0.1, -0.05) is 194 Å². The van der Waals surface area contributed by atoms with E-state index in [9.17, 15) is 0 Å². The monoisotopic (exact) mass is 732 g/mol. The van der Waals surface area contributed by atoms with Crippen LogP contribution in [-0.4, -0.2) is 5.66 Å². The Kier molecular flexibility index (Phi) is 7.68. The molecule has 3 atom stereocenters. The summed E-state index contributed by atoms with van der Waals surface area (Å²) in [6, 6.07) is 62.4. The van der Waals surface area contributed by atoms with Gasteiger partial charge in [-0.15, -0.1) is 0 Å². The average molecular weight is 733 g/mol. The Bertz CT molecular complexity index is 2700. The highest BCUT2D eigenvalue weighted by Crippen LogP contribution is 2.66. The molecule has 260 valence electrons. The predicted molar refractivity (Wildman–Crippen MR) is 227 cm³/mol. The second-order valence-electron chi connectivity index (χ2n) is 14.7. The molecule has 3 aliphatic rings. The van der Waals surface area contributed by atoms with Crippen molar-refractivity contribution in [2.24, 2.45) is 0 Å². The topological polar surface area (TPSA) is 34.1 Å². The Labute approximate surface area is 317 Å². The molecule has 54 heavy (non-hydrogen) atoms. The fourth-order valence-electron chi connectivity index (χ4n) is 9.51. The number of fused-ring (bicyclic) bond motifs is 9. The highest BCUT2D eigenvalue weighted by Gasteiger charge is 2.55. The zero-order valence-corrected chi connectivity index (χ0v) is 31.8. The first-order valence-electron chi connectivity index (χ1n) is 18.7. The average Bonchev–Trinajstić information content (AvgIpc) is 3.71. The number of hydrogen-bond acceptors (Lipinski definition) is 2. The molecule has 2 nitrogen and oxygen atoms in total. The third-order valence-corrected chi connectivity index (χ3v) is 18.4. The molecule has 7 aromatic carbocycles. The summed E-state index contributed by atoms with van der Waals surface area (Å²) in [5.41, 5.74) is 9.84. The number of aryl methyl sites for hydroxylation is 1. The lowest BCUT2D eigenvalue weighted by molar-refractivity contribution is 0.579. The van der Waals surface area contributed by atoms with E-state index in [-0.39, 0.29) is 5.66 Å². The maximum Gasteiger partial charge on any atom is 0.171 e. The minimum atomic E-state index is -3.28. The van der Waals surface area contributed by atoms with Crippen molar-refractivity contribution >= 4 is 46.4 Å². The minimum absolute atomic E-state index is 0.258. The van der Waals surface area contributed by atoms with E-state index in [1.165, 1.54) is 33.4 Å². The molecule has 3 unspecified atom stereocenters. The van der Waals surface area contributed by atoms with E-state index in [1.807, 2.05) is 91.0 Å². The minimum Gasteiger partial charge on any atom is -0.313 e. The third-order valence-electron chi connectivity index (χ3n) is 12.0. The van der Waals surface area contributed by atoms with Gasteiger partial charge in [0, 0.05) is 32.2 Å². The lowest BCUT2D eigenvalue weighted by atomic mass is 9.68. The number of hydrogen-bond donors (Lipinski definition) is 0. The van der Waals surface area contributed by atoms with Crippen LogP contribution in [0.2, 0.25) is 0 Å². The van der Waals surface area contributed by atoms with Crippen molar-refractivity contribution in [3.8, 4) is 11.1 Å². The van der Waals surface area contributed by atoms with Crippen molar-refractivity contribution in [3.63, 3.8) is 0 Å². The maximum atomic E-state index is 16.0. The van der Waals surface area contributed by atoms with Gasteiger partial charge in [-0.2, -0.15) is 0 Å².